The van der Waals surface area contributed by atoms with Crippen LogP contribution in [0.25, 0.3) is 0 Å². The van der Waals surface area contributed by atoms with E-state index in [1.807, 2.05) is 39.8 Å². The second-order valence-corrected chi connectivity index (χ2v) is 28.5. The van der Waals surface area contributed by atoms with Gasteiger partial charge in [0.05, 0.1) is 79.5 Å². The van der Waals surface area contributed by atoms with E-state index in [1.165, 1.54) is 27.0 Å². The maximum atomic E-state index is 15.6. The molecule has 2 bridgehead atoms. The lowest BCUT2D eigenvalue weighted by Crippen LogP contribution is -2.66. The summed E-state index contributed by atoms with van der Waals surface area (Å²) in [5, 5.41) is 72.6. The number of methoxy groups -OCH3 is 1. The van der Waals surface area contributed by atoms with Crippen LogP contribution in [0.15, 0.2) is 70.6 Å². The van der Waals surface area contributed by atoms with Crippen molar-refractivity contribution in [3.8, 4) is 0 Å². The summed E-state index contributed by atoms with van der Waals surface area (Å²) in [5.74, 6) is -6.16. The number of nitrogens with one attached hydrogen (secondary N) is 1. The number of carbonyl (C=O) groups is 4. The van der Waals surface area contributed by atoms with Gasteiger partial charge in [-0.3, -0.25) is 29.8 Å². The van der Waals surface area contributed by atoms with E-state index in [1.54, 1.807) is 26.8 Å². The maximum Gasteiger partial charge on any atom is 0.346 e. The molecule has 518 valence electrons. The first kappa shape index (κ1) is 71.1. The van der Waals surface area contributed by atoms with Gasteiger partial charge in [-0.05, 0) is 114 Å². The highest BCUT2D eigenvalue weighted by Crippen LogP contribution is 2.61. The Kier molecular flexibility index (Phi) is 21.7. The fraction of sp³-hybridized carbons (Fsp3) is 0.765. The minimum absolute atomic E-state index is 0.00988. The molecule has 7 fully saturated rings. The van der Waals surface area contributed by atoms with Gasteiger partial charge < -0.3 is 82.4 Å². The second-order valence-electron chi connectivity index (χ2n) is 28.5. The van der Waals surface area contributed by atoms with Crippen LogP contribution in [-0.2, 0) is 76.0 Å². The van der Waals surface area contributed by atoms with Crippen LogP contribution in [-0.4, -0.2) is 196 Å². The molecule has 10 aliphatic rings. The molecule has 5 aliphatic heterocycles. The van der Waals surface area contributed by atoms with E-state index < -0.39 is 204 Å². The lowest BCUT2D eigenvalue weighted by atomic mass is 9.49. The average molecular weight is 1310 g/mol. The number of nitrogens with zero attached hydrogens (tertiary/aromatic N) is 1. The number of fused-ring (bicyclic) bond motifs is 4. The van der Waals surface area contributed by atoms with Gasteiger partial charge in [-0.15, -0.1) is 0 Å². The Morgan fingerprint density at radius 2 is 1.48 bits per heavy atom. The summed E-state index contributed by atoms with van der Waals surface area (Å²) in [6.07, 6.45) is -2.61. The number of rotatable bonds is 16. The number of hydrogen-bond donors (Lipinski definition) is 6. The summed E-state index contributed by atoms with van der Waals surface area (Å²) in [6.45, 7) is 23.9. The lowest BCUT2D eigenvalue weighted by Gasteiger charge is -2.57. The molecule has 5 heterocycles. The van der Waals surface area contributed by atoms with Crippen LogP contribution < -0.4 is 5.32 Å². The van der Waals surface area contributed by atoms with Crippen molar-refractivity contribution in [2.75, 3.05) is 7.11 Å². The van der Waals surface area contributed by atoms with Crippen molar-refractivity contribution in [3.05, 3.63) is 80.7 Å². The van der Waals surface area contributed by atoms with Crippen LogP contribution in [0.3, 0.4) is 0 Å². The molecule has 0 aromatic rings. The molecular formula is C68H98N2O23. The second kappa shape index (κ2) is 28.4. The molecule has 1 spiro atoms. The summed E-state index contributed by atoms with van der Waals surface area (Å²) in [4.78, 5) is 68.1. The minimum atomic E-state index is -2.18. The van der Waals surface area contributed by atoms with Gasteiger partial charge in [-0.1, -0.05) is 57.2 Å². The molecule has 0 aromatic carbocycles. The van der Waals surface area contributed by atoms with E-state index in [4.69, 9.17) is 56.8 Å². The van der Waals surface area contributed by atoms with Crippen LogP contribution in [0.5, 0.6) is 0 Å². The first-order valence-electron chi connectivity index (χ1n) is 33.2. The van der Waals surface area contributed by atoms with Gasteiger partial charge in [0, 0.05) is 75.2 Å². The smallest absolute Gasteiger partial charge is 0.346 e. The molecule has 29 atom stereocenters. The molecule has 0 amide bonds. The summed E-state index contributed by atoms with van der Waals surface area (Å²) in [7, 11) is 1.25. The van der Waals surface area contributed by atoms with E-state index in [-0.39, 0.29) is 43.1 Å². The third-order valence-electron chi connectivity index (χ3n) is 21.9. The zero-order valence-corrected chi connectivity index (χ0v) is 55.5. The summed E-state index contributed by atoms with van der Waals surface area (Å²) < 4.78 is 75.5. The fourth-order valence-corrected chi connectivity index (χ4v) is 17.2. The SMILES string of the molecule is C=C1C[C@H](O[C@@H]2[C@H]3C=C[C@H]4/C(C)=C/C[C@H](O[C@H]5C[C@](C)([N+](=O)[O-])[C@@H](N[C@@H](O)OC)[C@@H](C)O5)/C(C)=C/[C@@H]5[C@@H](O)C=C(C=O)CC56OC(=O)C(=C(O)[C@@]4(C)[C@@H]3[C@@H](C)C[C@@H]2C)C6=O)C[C@@H](O[C@H]2CCC(O[C@H]3C[C@@H](O)C(O[C@H]4CC[C@@H](O)[C@H](C)O4)[C@H](C)O3)[C@H](C)O2)[C@H]1OC(C)=O. The van der Waals surface area contributed by atoms with Crippen molar-refractivity contribution in [3.63, 3.8) is 0 Å². The highest BCUT2D eigenvalue weighted by molar-refractivity contribution is 6.26. The minimum Gasteiger partial charge on any atom is -0.511 e. The Balaban J connectivity index is 0.904. The van der Waals surface area contributed by atoms with Gasteiger partial charge in [0.15, 0.2) is 30.8 Å². The standard InChI is InChI=1S/C68H98N2O23/c1-31-14-18-49(89-55-29-66(11,70(80)81)61(39(9)86-55)69-65(79)82-13)32(2)24-45-47(74)25-41(30-71)28-68(45)63(77)56(64(78)93-68)62(76)67(12)44(31)16-15-43-57(67)33(3)22-34(4)58(43)88-42-23-35(5)59(87-40(10)72)51(26-42)91-52-21-19-50(37(7)84-52)90-54-27-48(75)60(38(8)85-54)92-53-20-17-46(73)36(6)83-53/h14-16,24-25,30,33-34,36-39,42-55,57-61,65,69,73-76,79H,5,17-23,26-29H2,1-4,6-13H3/b31-14+,32-24+,62-56?/t33-,34-,36-,37-,38-,39+,42-,43-,44-,45+,46+,47-,48+,49-,50?,51+,52-,53-,54-,55-,57+,58-,59-,60?,61-,65-,66-,67+,68?/m0/s1. The third-order valence-corrected chi connectivity index (χ3v) is 21.9. The van der Waals surface area contributed by atoms with E-state index in [2.05, 4.69) is 31.8 Å². The molecular weight excluding hydrogens is 1210 g/mol. The quantitative estimate of drug-likeness (QED) is 0.0193. The van der Waals surface area contributed by atoms with Crippen molar-refractivity contribution in [1.82, 2.24) is 5.32 Å². The predicted octanol–water partition coefficient (Wildman–Crippen LogP) is 6.10. The van der Waals surface area contributed by atoms with E-state index in [0.717, 1.165) is 5.57 Å². The molecule has 3 unspecified atom stereocenters. The van der Waals surface area contributed by atoms with Gasteiger partial charge in [0.25, 0.3) is 0 Å². The molecule has 0 aromatic heterocycles. The Hall–Kier alpha value is -4.68. The first-order valence-corrected chi connectivity index (χ1v) is 33.2. The van der Waals surface area contributed by atoms with E-state index in [9.17, 15) is 50.0 Å². The number of Topliss-reactive ketones (excluding diaryl/α,β-unsaturated/α-hetero) is 1. The number of carbonyl (C=O) groups excluding carboxylic acids is 4. The van der Waals surface area contributed by atoms with Crippen LogP contribution in [0.2, 0.25) is 0 Å². The van der Waals surface area contributed by atoms with E-state index in [0.29, 0.717) is 56.0 Å². The van der Waals surface area contributed by atoms with Gasteiger partial charge >= 0.3 is 11.9 Å². The number of ether oxygens (including phenoxy) is 12. The molecule has 5 aliphatic carbocycles. The van der Waals surface area contributed by atoms with Gasteiger partial charge in [0.2, 0.25) is 17.7 Å². The summed E-state index contributed by atoms with van der Waals surface area (Å²) in [6, 6.07) is -1.02. The number of aldehydes is 1. The predicted molar refractivity (Wildman–Crippen MR) is 329 cm³/mol. The number of aliphatic hydroxyl groups is 5. The van der Waals surface area contributed by atoms with Crippen molar-refractivity contribution < 1.29 is 106 Å². The van der Waals surface area contributed by atoms with Crippen LogP contribution in [0, 0.1) is 51.0 Å². The van der Waals surface area contributed by atoms with Crippen LogP contribution >= 0.6 is 0 Å². The molecule has 25 nitrogen and oxygen atoms in total. The van der Waals surface area contributed by atoms with Crippen LogP contribution in [0.1, 0.15) is 147 Å². The normalized spacial score (nSPS) is 47.1. The Morgan fingerprint density at radius 3 is 2.15 bits per heavy atom. The van der Waals surface area contributed by atoms with Crippen molar-refractivity contribution >= 4 is 24.0 Å². The van der Waals surface area contributed by atoms with Gasteiger partial charge in [-0.2, -0.15) is 0 Å². The van der Waals surface area contributed by atoms with Gasteiger partial charge in [-0.25, -0.2) is 4.79 Å². The van der Waals surface area contributed by atoms with Crippen molar-refractivity contribution in [2.45, 2.75) is 281 Å². The van der Waals surface area contributed by atoms with E-state index >= 15 is 4.79 Å². The fourth-order valence-electron chi connectivity index (χ4n) is 17.2. The Morgan fingerprint density at radius 1 is 0.806 bits per heavy atom. The zero-order chi connectivity index (χ0) is 67.5. The molecule has 0 radical (unpaired) electrons. The highest BCUT2D eigenvalue weighted by atomic mass is 16.7. The third kappa shape index (κ3) is 14.1. The number of nitro groups is 1. The number of aliphatic hydroxyl groups excluding tert-OH is 5. The molecule has 2 saturated carbocycles. The largest absolute Gasteiger partial charge is 0.511 e. The van der Waals surface area contributed by atoms with Gasteiger partial charge in [0.1, 0.15) is 42.0 Å². The number of esters is 2. The number of ketones is 1. The zero-order valence-electron chi connectivity index (χ0n) is 55.5. The molecule has 93 heavy (non-hydrogen) atoms. The molecule has 25 heteroatoms. The Labute approximate surface area is 543 Å². The average Bonchev–Trinajstić information content (AvgIpc) is 1.68. The molecule has 10 rings (SSSR count). The molecule has 6 N–H and O–H groups in total. The van der Waals surface area contributed by atoms with Crippen molar-refractivity contribution in [2.24, 2.45) is 40.9 Å². The monoisotopic (exact) mass is 1310 g/mol. The number of allylic oxidation sites excluding steroid dienone is 3. The number of hydrogen-bond acceptors (Lipinski definition) is 24. The highest BCUT2D eigenvalue weighted by Gasteiger charge is 2.65. The lowest BCUT2D eigenvalue weighted by molar-refractivity contribution is -0.586. The summed E-state index contributed by atoms with van der Waals surface area (Å²) >= 11 is 0. The Bertz CT molecular complexity index is 2950. The maximum absolute atomic E-state index is 15.6. The van der Waals surface area contributed by atoms with Crippen LogP contribution in [0.4, 0.5) is 0 Å². The summed E-state index contributed by atoms with van der Waals surface area (Å²) in [5.41, 5.74) is -4.15. The van der Waals surface area contributed by atoms with Crippen molar-refractivity contribution in [1.29, 1.82) is 0 Å². The topological polar surface area (TPSA) is 335 Å². The first-order chi connectivity index (χ1) is 43.9. The molecule has 5 saturated heterocycles.